The summed E-state index contributed by atoms with van der Waals surface area (Å²) in [6, 6.07) is 13.1. The molecule has 2 rings (SSSR count). The zero-order valence-electron chi connectivity index (χ0n) is 22.3. The Bertz CT molecular complexity index is 1310. The molecule has 5 N–H and O–H groups in total. The van der Waals surface area contributed by atoms with Gasteiger partial charge in [-0.2, -0.15) is 8.42 Å². The summed E-state index contributed by atoms with van der Waals surface area (Å²) in [4.78, 5) is 50.5. The van der Waals surface area contributed by atoms with Gasteiger partial charge in [0.1, 0.15) is 18.1 Å². The fraction of sp³-hybridized carbons (Fsp3) is 0.357. The van der Waals surface area contributed by atoms with Crippen LogP contribution in [0.3, 0.4) is 0 Å². The molecule has 0 aromatic heterocycles. The van der Waals surface area contributed by atoms with Crippen LogP contribution in [0.15, 0.2) is 65.6 Å². The van der Waals surface area contributed by atoms with Crippen LogP contribution in [0.5, 0.6) is 0 Å². The third kappa shape index (κ3) is 10.2. The number of nitrogens with two attached hydrogens (primary N) is 1. The summed E-state index contributed by atoms with van der Waals surface area (Å²) >= 11 is 0. The summed E-state index contributed by atoms with van der Waals surface area (Å²) in [5, 5.41) is 7.69. The quantitative estimate of drug-likeness (QED) is 0.180. The second-order valence-corrected chi connectivity index (χ2v) is 10.9. The van der Waals surface area contributed by atoms with Crippen LogP contribution < -0.4 is 21.7 Å². The van der Waals surface area contributed by atoms with Crippen molar-refractivity contribution in [3.63, 3.8) is 0 Å². The van der Waals surface area contributed by atoms with Crippen molar-refractivity contribution in [1.82, 2.24) is 16.0 Å². The van der Waals surface area contributed by atoms with Gasteiger partial charge in [-0.3, -0.25) is 23.4 Å². The Kier molecular flexibility index (Phi) is 12.3. The highest BCUT2D eigenvalue weighted by molar-refractivity contribution is 7.86. The van der Waals surface area contributed by atoms with Gasteiger partial charge < -0.3 is 21.7 Å². The van der Waals surface area contributed by atoms with E-state index >= 15 is 0 Å². The highest BCUT2D eigenvalue weighted by Crippen LogP contribution is 2.12. The van der Waals surface area contributed by atoms with E-state index in [1.54, 1.807) is 62.4 Å². The minimum atomic E-state index is -4.04. The first-order valence-electron chi connectivity index (χ1n) is 12.6. The van der Waals surface area contributed by atoms with Crippen molar-refractivity contribution in [3.8, 4) is 12.3 Å². The Morgan fingerprint density at radius 2 is 1.48 bits per heavy atom. The average Bonchev–Trinajstić information content (AvgIpc) is 2.91. The topological polar surface area (TPSA) is 174 Å². The molecule has 0 fully saturated rings. The van der Waals surface area contributed by atoms with E-state index in [-0.39, 0.29) is 24.2 Å². The number of carbonyl (C=O) groups excluding carboxylic acids is 4. The van der Waals surface area contributed by atoms with Gasteiger partial charge in [-0.1, -0.05) is 62.4 Å². The van der Waals surface area contributed by atoms with Gasteiger partial charge in [-0.25, -0.2) is 0 Å². The molecular weight excluding hydrogens is 536 g/mol. The lowest BCUT2D eigenvalue weighted by Crippen LogP contribution is -2.58. The van der Waals surface area contributed by atoms with Crippen molar-refractivity contribution in [3.05, 3.63) is 66.2 Å². The average molecular weight is 571 g/mol. The molecule has 3 atom stereocenters. The number of terminal acetylenes is 1. The molecule has 4 amide bonds. The molecule has 0 heterocycles. The first-order valence-corrected chi connectivity index (χ1v) is 14.0. The van der Waals surface area contributed by atoms with E-state index in [4.69, 9.17) is 16.3 Å². The van der Waals surface area contributed by atoms with Crippen LogP contribution >= 0.6 is 0 Å². The summed E-state index contributed by atoms with van der Waals surface area (Å²) in [6.07, 6.45) is 4.90. The summed E-state index contributed by atoms with van der Waals surface area (Å²) in [6.45, 7) is 2.96. The summed E-state index contributed by atoms with van der Waals surface area (Å²) in [5.41, 5.74) is 6.07. The Balaban J connectivity index is 2.08. The van der Waals surface area contributed by atoms with Gasteiger partial charge in [-0.05, 0) is 23.6 Å². The van der Waals surface area contributed by atoms with E-state index in [2.05, 4.69) is 21.9 Å². The zero-order chi connectivity index (χ0) is 29.7. The molecular formula is C28H34N4O7S. The van der Waals surface area contributed by atoms with Crippen molar-refractivity contribution in [2.75, 3.05) is 6.61 Å². The molecule has 0 unspecified atom stereocenters. The molecule has 11 nitrogen and oxygen atoms in total. The van der Waals surface area contributed by atoms with Gasteiger partial charge in [0.15, 0.2) is 0 Å². The van der Waals surface area contributed by atoms with Gasteiger partial charge in [0.05, 0.1) is 17.9 Å². The van der Waals surface area contributed by atoms with Crippen LogP contribution in [-0.4, -0.2) is 56.8 Å². The lowest BCUT2D eigenvalue weighted by molar-refractivity contribution is -0.134. The number of nitrogens with one attached hydrogen (secondary N) is 3. The van der Waals surface area contributed by atoms with Crippen LogP contribution in [0, 0.1) is 18.3 Å². The maximum Gasteiger partial charge on any atom is 0.296 e. The molecule has 2 aromatic rings. The molecule has 0 saturated heterocycles. The van der Waals surface area contributed by atoms with Gasteiger partial charge in [0.25, 0.3) is 10.1 Å². The molecule has 12 heteroatoms. The predicted octanol–water partition coefficient (Wildman–Crippen LogP) is 0.644. The first kappa shape index (κ1) is 32.0. The van der Waals surface area contributed by atoms with E-state index in [1.165, 1.54) is 12.1 Å². The molecule has 0 aliphatic rings. The largest absolute Gasteiger partial charge is 0.368 e. The van der Waals surface area contributed by atoms with Gasteiger partial charge in [-0.15, -0.1) is 12.3 Å². The molecule has 40 heavy (non-hydrogen) atoms. The van der Waals surface area contributed by atoms with Crippen molar-refractivity contribution in [2.45, 2.75) is 56.1 Å². The van der Waals surface area contributed by atoms with Crippen molar-refractivity contribution in [2.24, 2.45) is 11.7 Å². The van der Waals surface area contributed by atoms with E-state index < -0.39 is 64.4 Å². The number of primary amides is 1. The first-order chi connectivity index (χ1) is 18.9. The molecule has 0 aliphatic carbocycles. The van der Waals surface area contributed by atoms with E-state index in [0.717, 1.165) is 5.56 Å². The van der Waals surface area contributed by atoms with E-state index in [1.807, 2.05) is 0 Å². The minimum Gasteiger partial charge on any atom is -0.368 e. The third-order valence-corrected chi connectivity index (χ3v) is 7.09. The standard InChI is InChI=1S/C28H34N4O7S/c1-4-11-22(26(29)34)30-27(35)23(18-20-12-7-5-8-13-20)31-28(36)25(19(2)3)32-24(33)16-17-39-40(37,38)21-14-9-6-10-15-21/h1,5-10,12-15,19,22-23,25H,11,16-18H2,2-3H3,(H2,29,34)(H,30,35)(H,31,36)(H,32,33)/t22-,23-,25-/m0/s1. The molecule has 0 bridgehead atoms. The predicted molar refractivity (Wildman–Crippen MR) is 148 cm³/mol. The fourth-order valence-electron chi connectivity index (χ4n) is 3.61. The van der Waals surface area contributed by atoms with Crippen LogP contribution in [0.2, 0.25) is 0 Å². The van der Waals surface area contributed by atoms with Crippen molar-refractivity contribution >= 4 is 33.7 Å². The molecule has 214 valence electrons. The van der Waals surface area contributed by atoms with Crippen molar-refractivity contribution in [1.29, 1.82) is 0 Å². The lowest BCUT2D eigenvalue weighted by Gasteiger charge is -2.26. The number of hydrogen-bond acceptors (Lipinski definition) is 7. The second-order valence-electron chi connectivity index (χ2n) is 9.25. The minimum absolute atomic E-state index is 0.0432. The number of amides is 4. The molecule has 2 aromatic carbocycles. The van der Waals surface area contributed by atoms with E-state index in [9.17, 15) is 27.6 Å². The lowest BCUT2D eigenvalue weighted by atomic mass is 10.0. The van der Waals surface area contributed by atoms with Crippen LogP contribution in [-0.2, 0) is 39.9 Å². The smallest absolute Gasteiger partial charge is 0.296 e. The SMILES string of the molecule is C#CC[C@H](NC(=O)[C@H](Cc1ccccc1)NC(=O)[C@@H](NC(=O)CCOS(=O)(=O)c1ccccc1)C(C)C)C(N)=O. The monoisotopic (exact) mass is 570 g/mol. The molecule has 0 spiro atoms. The number of benzene rings is 2. The van der Waals surface area contributed by atoms with Gasteiger partial charge in [0.2, 0.25) is 23.6 Å². The summed E-state index contributed by atoms with van der Waals surface area (Å²) < 4.78 is 29.4. The Morgan fingerprint density at radius 3 is 2.02 bits per heavy atom. The highest BCUT2D eigenvalue weighted by atomic mass is 32.2. The number of hydrogen-bond donors (Lipinski definition) is 4. The van der Waals surface area contributed by atoms with Gasteiger partial charge in [0, 0.05) is 12.8 Å². The Labute approximate surface area is 234 Å². The Hall–Kier alpha value is -4.21. The zero-order valence-corrected chi connectivity index (χ0v) is 23.1. The highest BCUT2D eigenvalue weighted by Gasteiger charge is 2.30. The summed E-state index contributed by atoms with van der Waals surface area (Å²) in [7, 11) is -4.04. The third-order valence-electron chi connectivity index (χ3n) is 5.76. The van der Waals surface area contributed by atoms with Gasteiger partial charge >= 0.3 is 0 Å². The molecule has 0 aliphatic heterocycles. The number of rotatable bonds is 15. The summed E-state index contributed by atoms with van der Waals surface area (Å²) in [5.74, 6) is -0.880. The number of carbonyl (C=O) groups is 4. The van der Waals surface area contributed by atoms with Crippen LogP contribution in [0.1, 0.15) is 32.3 Å². The second kappa shape index (κ2) is 15.4. The van der Waals surface area contributed by atoms with E-state index in [0.29, 0.717) is 0 Å². The van der Waals surface area contributed by atoms with Crippen LogP contribution in [0.4, 0.5) is 0 Å². The normalized spacial score (nSPS) is 13.3. The maximum atomic E-state index is 13.2. The van der Waals surface area contributed by atoms with Crippen molar-refractivity contribution < 1.29 is 31.8 Å². The molecule has 0 radical (unpaired) electrons. The maximum absolute atomic E-state index is 13.2. The Morgan fingerprint density at radius 1 is 0.900 bits per heavy atom. The van der Waals surface area contributed by atoms with Crippen LogP contribution in [0.25, 0.3) is 0 Å². The molecule has 0 saturated carbocycles. The fourth-order valence-corrected chi connectivity index (χ4v) is 4.54.